The quantitative estimate of drug-likeness (QED) is 0.225. The van der Waals surface area contributed by atoms with Crippen LogP contribution in [0, 0.1) is 0 Å². The summed E-state index contributed by atoms with van der Waals surface area (Å²) >= 11 is 0. The maximum absolute atomic E-state index is 0. The second-order valence-electron chi connectivity index (χ2n) is 0. The van der Waals surface area contributed by atoms with Crippen LogP contribution in [0.5, 0.6) is 0 Å². The molecule has 0 saturated carbocycles. The number of hydrogen-bond acceptors (Lipinski definition) is 0. The summed E-state index contributed by atoms with van der Waals surface area (Å²) in [4.78, 5) is 0. The van der Waals surface area contributed by atoms with Crippen molar-refractivity contribution in [3.8, 4) is 0 Å². The molecule has 0 bridgehead atoms. The molecule has 0 aliphatic heterocycles. The normalized spacial score (nSPS) is 0. The van der Waals surface area contributed by atoms with Gasteiger partial charge in [0, 0.05) is 0 Å². The monoisotopic (exact) mass is 672 g/mol. The zero-order valence-corrected chi connectivity index (χ0v) is 16.3. The molecule has 0 N–H and O–H groups in total. The van der Waals surface area contributed by atoms with E-state index in [1.54, 1.807) is 0 Å². The van der Waals surface area contributed by atoms with Crippen molar-refractivity contribution in [3.05, 3.63) is 0 Å². The summed E-state index contributed by atoms with van der Waals surface area (Å²) in [5, 5.41) is 0. The SMILES string of the molecule is [F-].[F-].[F-].[Tl+].[Tl+].[Tl+]. The molecular weight excluding hydrogens is 670 g/mol. The summed E-state index contributed by atoms with van der Waals surface area (Å²) in [7, 11) is 0. The van der Waals surface area contributed by atoms with E-state index < -0.39 is 0 Å². The Kier molecular flexibility index (Phi) is 619. The summed E-state index contributed by atoms with van der Waals surface area (Å²) in [5.41, 5.74) is 0. The Morgan fingerprint density at radius 1 is 0.333 bits per heavy atom. The molecule has 0 aromatic heterocycles. The molecule has 0 rings (SSSR count). The van der Waals surface area contributed by atoms with E-state index in [9.17, 15) is 0 Å². The van der Waals surface area contributed by atoms with E-state index in [2.05, 4.69) is 0 Å². The third kappa shape index (κ3) is 31.0. The Hall–Kier alpha value is 2.56. The molecule has 0 aliphatic carbocycles. The average molecular weight is 670 g/mol. The summed E-state index contributed by atoms with van der Waals surface area (Å²) in [6, 6.07) is 0. The first-order valence-corrected chi connectivity index (χ1v) is 0. The van der Waals surface area contributed by atoms with Crippen LogP contribution >= 0.6 is 0 Å². The van der Waals surface area contributed by atoms with Gasteiger partial charge in [0.2, 0.25) is 0 Å². The number of halogens is 3. The van der Waals surface area contributed by atoms with Crippen molar-refractivity contribution in [3.63, 3.8) is 0 Å². The van der Waals surface area contributed by atoms with Crippen molar-refractivity contribution < 1.29 is 14.1 Å². The van der Waals surface area contributed by atoms with Crippen LogP contribution in [-0.2, 0) is 0 Å². The fraction of sp³-hybridized carbons (Fsp3) is 0. The van der Waals surface area contributed by atoms with Gasteiger partial charge in [-0.15, -0.1) is 0 Å². The zero-order chi connectivity index (χ0) is 0. The second-order valence-corrected chi connectivity index (χ2v) is 0. The molecule has 6 heteroatoms. The first kappa shape index (κ1) is 74.8. The molecule has 0 aromatic rings. The standard InChI is InChI=1S/3FH.3Tl/h3*1H;;;/q;;;3*+1/p-3. The average Bonchev–Trinajstić information content (AvgIpc) is 0. The minimum Gasteiger partial charge on any atom is -1.00 e. The first-order valence-electron chi connectivity index (χ1n) is 0. The summed E-state index contributed by atoms with van der Waals surface area (Å²) in [5.74, 6) is 0. The molecule has 0 atom stereocenters. The largest absolute Gasteiger partial charge is 1.00 e. The van der Waals surface area contributed by atoms with Gasteiger partial charge in [0.1, 0.15) is 0 Å². The predicted molar refractivity (Wildman–Crippen MR) is 17.3 cm³/mol. The van der Waals surface area contributed by atoms with Crippen molar-refractivity contribution in [1.29, 1.82) is 0 Å². The van der Waals surface area contributed by atoms with Gasteiger partial charge in [-0.05, 0) is 0 Å². The molecule has 0 unspecified atom stereocenters. The molecule has 0 amide bonds. The minimum atomic E-state index is 0. The van der Waals surface area contributed by atoms with E-state index in [0.717, 1.165) is 0 Å². The molecular formula is F3Tl3. The maximum Gasteiger partial charge on any atom is 1.00 e. The third-order valence-corrected chi connectivity index (χ3v) is 0. The van der Waals surface area contributed by atoms with Gasteiger partial charge in [-0.25, -0.2) is 0 Å². The number of rotatable bonds is 0. The van der Waals surface area contributed by atoms with Gasteiger partial charge in [-0.1, -0.05) is 0 Å². The topological polar surface area (TPSA) is 0 Å². The van der Waals surface area contributed by atoms with Gasteiger partial charge >= 0.3 is 81.9 Å². The van der Waals surface area contributed by atoms with Crippen molar-refractivity contribution in [2.24, 2.45) is 0 Å². The zero-order valence-electron chi connectivity index (χ0n) is 2.87. The molecule has 0 fully saturated rings. The summed E-state index contributed by atoms with van der Waals surface area (Å²) < 4.78 is 0. The molecule has 6 heavy (non-hydrogen) atoms. The van der Waals surface area contributed by atoms with Crippen molar-refractivity contribution >= 4 is 81.9 Å². The van der Waals surface area contributed by atoms with Gasteiger partial charge in [0.15, 0.2) is 0 Å². The second kappa shape index (κ2) is 49.7. The van der Waals surface area contributed by atoms with E-state index in [1.165, 1.54) is 0 Å². The van der Waals surface area contributed by atoms with E-state index in [-0.39, 0.29) is 96.0 Å². The first-order chi connectivity index (χ1) is 0. The van der Waals surface area contributed by atoms with Crippen LogP contribution in [-0.4, -0.2) is 81.9 Å². The Morgan fingerprint density at radius 2 is 0.333 bits per heavy atom. The Labute approximate surface area is 94.4 Å². The van der Waals surface area contributed by atoms with E-state index >= 15 is 0 Å². The van der Waals surface area contributed by atoms with E-state index in [4.69, 9.17) is 0 Å². The van der Waals surface area contributed by atoms with Crippen molar-refractivity contribution in [1.82, 2.24) is 0 Å². The van der Waals surface area contributed by atoms with Gasteiger partial charge in [0.25, 0.3) is 0 Å². The maximum atomic E-state index is 0. The van der Waals surface area contributed by atoms with Crippen LogP contribution in [0.4, 0.5) is 0 Å². The van der Waals surface area contributed by atoms with Crippen LogP contribution < -0.4 is 14.1 Å². The number of hydrogen-bond donors (Lipinski definition) is 0. The van der Waals surface area contributed by atoms with Gasteiger partial charge < -0.3 is 14.1 Å². The van der Waals surface area contributed by atoms with Crippen LogP contribution in [0.15, 0.2) is 0 Å². The third-order valence-electron chi connectivity index (χ3n) is 0. The summed E-state index contributed by atoms with van der Waals surface area (Å²) in [6.07, 6.45) is 0. The van der Waals surface area contributed by atoms with Gasteiger partial charge in [-0.2, -0.15) is 0 Å². The Balaban J connectivity index is 0. The molecule has 0 aliphatic rings. The molecule has 30 valence electrons. The fourth-order valence-electron chi connectivity index (χ4n) is 0. The fourth-order valence-corrected chi connectivity index (χ4v) is 0. The van der Waals surface area contributed by atoms with E-state index in [1.807, 2.05) is 0 Å². The Bertz CT molecular complexity index is 6.00. The van der Waals surface area contributed by atoms with E-state index in [0.29, 0.717) is 0 Å². The van der Waals surface area contributed by atoms with Crippen LogP contribution in [0.3, 0.4) is 0 Å². The molecule has 0 radical (unpaired) electrons. The molecule has 0 saturated heterocycles. The van der Waals surface area contributed by atoms with Gasteiger partial charge in [0.05, 0.1) is 0 Å². The molecule has 0 spiro atoms. The van der Waals surface area contributed by atoms with Crippen LogP contribution in [0.25, 0.3) is 0 Å². The van der Waals surface area contributed by atoms with Gasteiger partial charge in [-0.3, -0.25) is 0 Å². The molecule has 0 heterocycles. The van der Waals surface area contributed by atoms with Crippen molar-refractivity contribution in [2.75, 3.05) is 0 Å². The van der Waals surface area contributed by atoms with Crippen LogP contribution in [0.1, 0.15) is 0 Å². The molecule has 0 nitrogen and oxygen atoms in total. The minimum absolute atomic E-state index is 0. The predicted octanol–water partition coefficient (Wildman–Crippen LogP) is -10.1. The van der Waals surface area contributed by atoms with Crippen molar-refractivity contribution in [2.45, 2.75) is 0 Å². The molecule has 0 aromatic carbocycles. The smallest absolute Gasteiger partial charge is 1.00 e. The summed E-state index contributed by atoms with van der Waals surface area (Å²) in [6.45, 7) is 0. The Morgan fingerprint density at radius 3 is 0.333 bits per heavy atom. The van der Waals surface area contributed by atoms with Crippen LogP contribution in [0.2, 0.25) is 0 Å².